The predicted molar refractivity (Wildman–Crippen MR) is 101 cm³/mol. The lowest BCUT2D eigenvalue weighted by molar-refractivity contribution is 0.0964. The van der Waals surface area contributed by atoms with E-state index in [9.17, 15) is 9.18 Å². The molecule has 0 spiro atoms. The second kappa shape index (κ2) is 6.48. The van der Waals surface area contributed by atoms with Gasteiger partial charge in [-0.25, -0.2) is 4.39 Å². The Bertz CT molecular complexity index is 976. The summed E-state index contributed by atoms with van der Waals surface area (Å²) in [6.45, 7) is 1.01. The van der Waals surface area contributed by atoms with E-state index in [2.05, 4.69) is 23.3 Å². The number of nitrogens with one attached hydrogen (secondary N) is 1. The Morgan fingerprint density at radius 1 is 1.19 bits per heavy atom. The summed E-state index contributed by atoms with van der Waals surface area (Å²) in [6, 6.07) is 10.1. The summed E-state index contributed by atoms with van der Waals surface area (Å²) in [5.74, 6) is -0.0492. The average molecular weight is 352 g/mol. The molecule has 4 nitrogen and oxygen atoms in total. The van der Waals surface area contributed by atoms with Crippen molar-refractivity contribution in [2.75, 3.05) is 25.5 Å². The van der Waals surface area contributed by atoms with Crippen LogP contribution in [0.25, 0.3) is 22.3 Å². The van der Waals surface area contributed by atoms with Crippen LogP contribution in [0.4, 0.5) is 10.1 Å². The summed E-state index contributed by atoms with van der Waals surface area (Å²) >= 11 is 0. The summed E-state index contributed by atoms with van der Waals surface area (Å²) in [5.41, 5.74) is 4.25. The molecule has 1 N–H and O–H groups in total. The standard InChI is InChI=1S/C21H21FN2O2/c1-23-21(25)19-16-11-14-5-3-4-10-24(2)17(14)12-18(16)26-20(19)13-6-8-15(22)9-7-13/h6-9,11-12H,3-5,10H2,1-2H3,(H,23,25). The third kappa shape index (κ3) is 2.73. The van der Waals surface area contributed by atoms with Crippen LogP contribution in [-0.4, -0.2) is 26.5 Å². The van der Waals surface area contributed by atoms with Gasteiger partial charge in [-0.05, 0) is 55.2 Å². The number of amides is 1. The van der Waals surface area contributed by atoms with E-state index in [1.54, 1.807) is 19.2 Å². The van der Waals surface area contributed by atoms with Gasteiger partial charge in [0.15, 0.2) is 0 Å². The Morgan fingerprint density at radius 2 is 1.96 bits per heavy atom. The van der Waals surface area contributed by atoms with Gasteiger partial charge in [0.2, 0.25) is 0 Å². The zero-order chi connectivity index (χ0) is 18.3. The number of furan rings is 1. The fourth-order valence-corrected chi connectivity index (χ4v) is 3.67. The molecule has 1 aliphatic rings. The molecule has 3 aromatic rings. The largest absolute Gasteiger partial charge is 0.455 e. The van der Waals surface area contributed by atoms with Crippen molar-refractivity contribution < 1.29 is 13.6 Å². The van der Waals surface area contributed by atoms with Crippen molar-refractivity contribution in [3.63, 3.8) is 0 Å². The molecule has 26 heavy (non-hydrogen) atoms. The fourth-order valence-electron chi connectivity index (χ4n) is 3.67. The van der Waals surface area contributed by atoms with Crippen LogP contribution in [0, 0.1) is 5.82 Å². The fraction of sp³-hybridized carbons (Fsp3) is 0.286. The van der Waals surface area contributed by atoms with Gasteiger partial charge >= 0.3 is 0 Å². The first-order valence-electron chi connectivity index (χ1n) is 8.87. The number of benzene rings is 2. The monoisotopic (exact) mass is 352 g/mol. The van der Waals surface area contributed by atoms with Gasteiger partial charge in [-0.15, -0.1) is 0 Å². The summed E-state index contributed by atoms with van der Waals surface area (Å²) in [6.07, 6.45) is 3.26. The molecule has 0 saturated heterocycles. The molecule has 0 radical (unpaired) electrons. The molecule has 0 atom stereocenters. The normalized spacial score (nSPS) is 14.2. The van der Waals surface area contributed by atoms with Crippen LogP contribution < -0.4 is 10.2 Å². The van der Waals surface area contributed by atoms with E-state index in [0.29, 0.717) is 22.5 Å². The highest BCUT2D eigenvalue weighted by Gasteiger charge is 2.24. The molecular formula is C21H21FN2O2. The zero-order valence-corrected chi connectivity index (χ0v) is 14.9. The van der Waals surface area contributed by atoms with E-state index in [0.717, 1.165) is 36.9 Å². The molecule has 0 saturated carbocycles. The zero-order valence-electron chi connectivity index (χ0n) is 14.9. The number of halogens is 1. The summed E-state index contributed by atoms with van der Waals surface area (Å²) in [5, 5.41) is 3.50. The summed E-state index contributed by atoms with van der Waals surface area (Å²) in [4.78, 5) is 14.8. The Morgan fingerprint density at radius 3 is 2.69 bits per heavy atom. The Balaban J connectivity index is 1.97. The van der Waals surface area contributed by atoms with Crippen molar-refractivity contribution in [3.05, 3.63) is 53.3 Å². The van der Waals surface area contributed by atoms with Crippen LogP contribution in [-0.2, 0) is 6.42 Å². The minimum Gasteiger partial charge on any atom is -0.455 e. The Hall–Kier alpha value is -2.82. The summed E-state index contributed by atoms with van der Waals surface area (Å²) in [7, 11) is 3.69. The second-order valence-electron chi connectivity index (χ2n) is 6.75. The van der Waals surface area contributed by atoms with Gasteiger partial charge < -0.3 is 14.6 Å². The van der Waals surface area contributed by atoms with Gasteiger partial charge in [0.25, 0.3) is 5.91 Å². The van der Waals surface area contributed by atoms with Crippen molar-refractivity contribution in [1.82, 2.24) is 5.32 Å². The van der Waals surface area contributed by atoms with Crippen molar-refractivity contribution in [3.8, 4) is 11.3 Å². The number of rotatable bonds is 2. The number of nitrogens with zero attached hydrogens (tertiary/aromatic N) is 1. The molecule has 2 heterocycles. The highest BCUT2D eigenvalue weighted by atomic mass is 19.1. The number of fused-ring (bicyclic) bond motifs is 2. The molecule has 0 unspecified atom stereocenters. The van der Waals surface area contributed by atoms with Gasteiger partial charge in [0, 0.05) is 43.3 Å². The molecule has 134 valence electrons. The smallest absolute Gasteiger partial charge is 0.255 e. The minimum absolute atomic E-state index is 0.204. The van der Waals surface area contributed by atoms with Crippen LogP contribution in [0.1, 0.15) is 28.8 Å². The molecule has 1 amide bonds. The Kier molecular flexibility index (Phi) is 4.15. The van der Waals surface area contributed by atoms with Crippen LogP contribution in [0.5, 0.6) is 0 Å². The number of hydrogen-bond acceptors (Lipinski definition) is 3. The SMILES string of the molecule is CNC(=O)c1c(-c2ccc(F)cc2)oc2cc3c(cc12)CCCCN3C. The molecule has 0 aliphatic carbocycles. The first kappa shape index (κ1) is 16.6. The van der Waals surface area contributed by atoms with E-state index in [4.69, 9.17) is 4.42 Å². The quantitative estimate of drug-likeness (QED) is 0.745. The molecule has 4 rings (SSSR count). The maximum atomic E-state index is 13.3. The Labute approximate surface area is 151 Å². The molecule has 1 aliphatic heterocycles. The highest BCUT2D eigenvalue weighted by Crippen LogP contribution is 2.38. The minimum atomic E-state index is -0.320. The van der Waals surface area contributed by atoms with E-state index in [1.807, 2.05) is 6.07 Å². The van der Waals surface area contributed by atoms with Gasteiger partial charge in [-0.2, -0.15) is 0 Å². The molecule has 1 aromatic heterocycles. The first-order chi connectivity index (χ1) is 12.6. The van der Waals surface area contributed by atoms with Gasteiger partial charge in [-0.1, -0.05) is 0 Å². The summed E-state index contributed by atoms with van der Waals surface area (Å²) < 4.78 is 19.4. The lowest BCUT2D eigenvalue weighted by atomic mass is 10.0. The maximum absolute atomic E-state index is 13.3. The van der Waals surface area contributed by atoms with E-state index >= 15 is 0 Å². The van der Waals surface area contributed by atoms with E-state index in [-0.39, 0.29) is 11.7 Å². The van der Waals surface area contributed by atoms with Crippen LogP contribution >= 0.6 is 0 Å². The average Bonchev–Trinajstić information content (AvgIpc) is 2.92. The highest BCUT2D eigenvalue weighted by molar-refractivity contribution is 6.11. The van der Waals surface area contributed by atoms with Crippen molar-refractivity contribution in [2.24, 2.45) is 0 Å². The number of hydrogen-bond donors (Lipinski definition) is 1. The maximum Gasteiger partial charge on any atom is 0.255 e. The predicted octanol–water partition coefficient (Wildman–Crippen LogP) is 4.37. The van der Waals surface area contributed by atoms with Crippen LogP contribution in [0.3, 0.4) is 0 Å². The van der Waals surface area contributed by atoms with E-state index < -0.39 is 0 Å². The lowest BCUT2D eigenvalue weighted by Crippen LogP contribution is -2.18. The second-order valence-corrected chi connectivity index (χ2v) is 6.75. The number of carbonyl (C=O) groups is 1. The molecule has 0 bridgehead atoms. The lowest BCUT2D eigenvalue weighted by Gasteiger charge is -2.19. The molecular weight excluding hydrogens is 331 g/mol. The molecule has 0 fully saturated rings. The number of anilines is 1. The topological polar surface area (TPSA) is 45.5 Å². The molecule has 2 aromatic carbocycles. The molecule has 5 heteroatoms. The van der Waals surface area contributed by atoms with E-state index in [1.165, 1.54) is 17.7 Å². The van der Waals surface area contributed by atoms with Crippen LogP contribution in [0.2, 0.25) is 0 Å². The number of carbonyl (C=O) groups excluding carboxylic acids is 1. The van der Waals surface area contributed by atoms with Crippen molar-refractivity contribution in [1.29, 1.82) is 0 Å². The van der Waals surface area contributed by atoms with Crippen LogP contribution in [0.15, 0.2) is 40.8 Å². The number of aryl methyl sites for hydroxylation is 1. The third-order valence-electron chi connectivity index (χ3n) is 5.05. The van der Waals surface area contributed by atoms with Crippen molar-refractivity contribution >= 4 is 22.6 Å². The van der Waals surface area contributed by atoms with Gasteiger partial charge in [0.1, 0.15) is 17.2 Å². The van der Waals surface area contributed by atoms with Gasteiger partial charge in [-0.3, -0.25) is 4.79 Å². The van der Waals surface area contributed by atoms with Gasteiger partial charge in [0.05, 0.1) is 5.56 Å². The third-order valence-corrected chi connectivity index (χ3v) is 5.05. The first-order valence-corrected chi connectivity index (χ1v) is 8.87. The van der Waals surface area contributed by atoms with Crippen molar-refractivity contribution in [2.45, 2.75) is 19.3 Å².